The molecule has 134 valence electrons. The molecule has 0 saturated heterocycles. The van der Waals surface area contributed by atoms with Crippen LogP contribution in [0.4, 0.5) is 0 Å². The number of methoxy groups -OCH3 is 1. The second kappa shape index (κ2) is 9.26. The van der Waals surface area contributed by atoms with Crippen molar-refractivity contribution in [3.05, 3.63) is 69.9 Å². The number of ether oxygens (including phenoxy) is 1. The summed E-state index contributed by atoms with van der Waals surface area (Å²) in [5.41, 5.74) is 5.02. The maximum atomic E-state index is 12.0. The van der Waals surface area contributed by atoms with E-state index in [4.69, 9.17) is 4.74 Å². The Balaban J connectivity index is 1.88. The van der Waals surface area contributed by atoms with Gasteiger partial charge in [0.15, 0.2) is 12.8 Å². The summed E-state index contributed by atoms with van der Waals surface area (Å²) in [5.74, 6) is 1.48. The van der Waals surface area contributed by atoms with Crippen LogP contribution in [0.3, 0.4) is 0 Å². The Labute approximate surface area is 151 Å². The number of rotatable bonds is 8. The van der Waals surface area contributed by atoms with Gasteiger partial charge in [-0.25, -0.2) is 4.74 Å². The molecule has 2 aromatic rings. The van der Waals surface area contributed by atoms with Crippen LogP contribution in [-0.4, -0.2) is 18.1 Å². The van der Waals surface area contributed by atoms with Crippen LogP contribution in [-0.2, 0) is 19.4 Å². The summed E-state index contributed by atoms with van der Waals surface area (Å²) in [4.78, 5) is 0. The van der Waals surface area contributed by atoms with Crippen molar-refractivity contribution in [1.29, 1.82) is 0 Å². The zero-order valence-corrected chi connectivity index (χ0v) is 15.8. The highest BCUT2D eigenvalue weighted by Crippen LogP contribution is 2.16. The van der Waals surface area contributed by atoms with Crippen molar-refractivity contribution in [3.8, 4) is 5.75 Å². The highest BCUT2D eigenvalue weighted by atomic mass is 16.5. The molecule has 0 atom stereocenters. The minimum atomic E-state index is 0.371. The van der Waals surface area contributed by atoms with Crippen LogP contribution >= 0.6 is 0 Å². The fraction of sp³-hybridized carbons (Fsp3) is 0.409. The van der Waals surface area contributed by atoms with Crippen molar-refractivity contribution in [2.45, 2.75) is 46.6 Å². The van der Waals surface area contributed by atoms with Gasteiger partial charge >= 0.3 is 0 Å². The number of hydrogen-bond donors (Lipinski definition) is 0. The Morgan fingerprint density at radius 1 is 1.08 bits per heavy atom. The number of hydrogen-bond acceptors (Lipinski definition) is 2. The third kappa shape index (κ3) is 6.26. The van der Waals surface area contributed by atoms with Crippen LogP contribution in [0.5, 0.6) is 5.75 Å². The molecule has 0 aliphatic rings. The summed E-state index contributed by atoms with van der Waals surface area (Å²) in [6, 6.07) is 14.3. The molecule has 25 heavy (non-hydrogen) atoms. The molecule has 0 aliphatic heterocycles. The van der Waals surface area contributed by atoms with E-state index in [9.17, 15) is 5.21 Å². The van der Waals surface area contributed by atoms with E-state index in [1.54, 1.807) is 13.3 Å². The van der Waals surface area contributed by atoms with Crippen molar-refractivity contribution in [2.24, 2.45) is 5.92 Å². The van der Waals surface area contributed by atoms with Crippen LogP contribution in [0, 0.1) is 18.0 Å². The predicted molar refractivity (Wildman–Crippen MR) is 104 cm³/mol. The standard InChI is InChI=1S/C22H29NO2/c1-17(2)14-20-7-10-21(18(3)15-20)6-5-13-23(24)16-19-8-11-22(25-4)12-9-19/h7-13,15,17H,5-6,14,16H2,1-4H3/b23-13+. The lowest BCUT2D eigenvalue weighted by molar-refractivity contribution is -0.471. The van der Waals surface area contributed by atoms with Gasteiger partial charge in [-0.1, -0.05) is 32.0 Å². The Kier molecular flexibility index (Phi) is 7.05. The molecule has 0 aromatic heterocycles. The highest BCUT2D eigenvalue weighted by Gasteiger charge is 2.04. The molecule has 0 aliphatic carbocycles. The molecule has 0 saturated carbocycles. The minimum absolute atomic E-state index is 0.371. The molecule has 2 rings (SSSR count). The first-order valence-corrected chi connectivity index (χ1v) is 8.96. The van der Waals surface area contributed by atoms with E-state index >= 15 is 0 Å². The smallest absolute Gasteiger partial charge is 0.178 e. The van der Waals surface area contributed by atoms with Gasteiger partial charge in [-0.2, -0.15) is 0 Å². The lowest BCUT2D eigenvalue weighted by Crippen LogP contribution is -2.06. The minimum Gasteiger partial charge on any atom is -0.624 e. The molecular weight excluding hydrogens is 310 g/mol. The SMILES string of the molecule is COc1ccc(C/[N+]([O-])=C\CCc2ccc(CC(C)C)cc2C)cc1. The lowest BCUT2D eigenvalue weighted by atomic mass is 9.97. The molecule has 0 unspecified atom stereocenters. The van der Waals surface area contributed by atoms with Gasteiger partial charge in [0.1, 0.15) is 5.75 Å². The van der Waals surface area contributed by atoms with E-state index < -0.39 is 0 Å². The number of aryl methyl sites for hydroxylation is 2. The van der Waals surface area contributed by atoms with Gasteiger partial charge in [-0.3, -0.25) is 0 Å². The third-order valence-corrected chi connectivity index (χ3v) is 4.29. The molecule has 3 heteroatoms. The van der Waals surface area contributed by atoms with E-state index in [2.05, 4.69) is 39.0 Å². The maximum Gasteiger partial charge on any atom is 0.178 e. The van der Waals surface area contributed by atoms with Gasteiger partial charge in [0.2, 0.25) is 0 Å². The first kappa shape index (κ1) is 19.0. The largest absolute Gasteiger partial charge is 0.624 e. The second-order valence-corrected chi connectivity index (χ2v) is 7.00. The van der Waals surface area contributed by atoms with Crippen molar-refractivity contribution >= 4 is 6.21 Å². The first-order valence-electron chi connectivity index (χ1n) is 8.96. The van der Waals surface area contributed by atoms with Crippen molar-refractivity contribution in [2.75, 3.05) is 7.11 Å². The predicted octanol–water partition coefficient (Wildman–Crippen LogP) is 4.92. The monoisotopic (exact) mass is 339 g/mol. The second-order valence-electron chi connectivity index (χ2n) is 7.00. The summed E-state index contributed by atoms with van der Waals surface area (Å²) in [7, 11) is 1.64. The molecule has 0 bridgehead atoms. The van der Waals surface area contributed by atoms with Gasteiger partial charge in [0.05, 0.1) is 7.11 Å². The van der Waals surface area contributed by atoms with Crippen LogP contribution in [0.15, 0.2) is 42.5 Å². The molecule has 0 spiro atoms. The van der Waals surface area contributed by atoms with Gasteiger partial charge in [0, 0.05) is 12.0 Å². The molecule has 0 radical (unpaired) electrons. The zero-order chi connectivity index (χ0) is 18.2. The third-order valence-electron chi connectivity index (χ3n) is 4.29. The van der Waals surface area contributed by atoms with Gasteiger partial charge in [-0.05, 0) is 66.6 Å². The molecule has 3 nitrogen and oxygen atoms in total. The van der Waals surface area contributed by atoms with Gasteiger partial charge < -0.3 is 9.94 Å². The summed E-state index contributed by atoms with van der Waals surface area (Å²) in [6.45, 7) is 7.01. The fourth-order valence-corrected chi connectivity index (χ4v) is 2.98. The average Bonchev–Trinajstić information content (AvgIpc) is 2.57. The van der Waals surface area contributed by atoms with E-state index in [0.717, 1.165) is 35.3 Å². The molecule has 0 amide bonds. The molecular formula is C22H29NO2. The van der Waals surface area contributed by atoms with E-state index in [0.29, 0.717) is 12.5 Å². The Morgan fingerprint density at radius 3 is 2.36 bits per heavy atom. The highest BCUT2D eigenvalue weighted by molar-refractivity contribution is 5.52. The van der Waals surface area contributed by atoms with Crippen molar-refractivity contribution < 1.29 is 9.48 Å². The van der Waals surface area contributed by atoms with E-state index in [1.807, 2.05) is 24.3 Å². The number of nitrogens with zero attached hydrogens (tertiary/aromatic N) is 1. The van der Waals surface area contributed by atoms with Crippen molar-refractivity contribution in [3.63, 3.8) is 0 Å². The van der Waals surface area contributed by atoms with Gasteiger partial charge in [-0.15, -0.1) is 0 Å². The Bertz CT molecular complexity index is 702. The quantitative estimate of drug-likeness (QED) is 0.296. The first-order chi connectivity index (χ1) is 12.0. The van der Waals surface area contributed by atoms with E-state index in [-0.39, 0.29) is 0 Å². The van der Waals surface area contributed by atoms with Crippen LogP contribution in [0.1, 0.15) is 42.5 Å². The van der Waals surface area contributed by atoms with E-state index in [1.165, 1.54) is 16.7 Å². The van der Waals surface area contributed by atoms with Gasteiger partial charge in [0.25, 0.3) is 0 Å². The summed E-state index contributed by atoms with van der Waals surface area (Å²) < 4.78 is 6.15. The normalized spacial score (nSPS) is 11.8. The molecule has 0 N–H and O–H groups in total. The zero-order valence-electron chi connectivity index (χ0n) is 15.8. The molecule has 0 heterocycles. The molecule has 0 fully saturated rings. The maximum absolute atomic E-state index is 12.0. The van der Waals surface area contributed by atoms with Crippen LogP contribution in [0.2, 0.25) is 0 Å². The lowest BCUT2D eigenvalue weighted by Gasteiger charge is -2.10. The van der Waals surface area contributed by atoms with Crippen LogP contribution < -0.4 is 4.74 Å². The summed E-state index contributed by atoms with van der Waals surface area (Å²) in [5, 5.41) is 12.0. The Morgan fingerprint density at radius 2 is 1.76 bits per heavy atom. The Hall–Kier alpha value is -2.29. The average molecular weight is 339 g/mol. The topological polar surface area (TPSA) is 35.3 Å². The summed E-state index contributed by atoms with van der Waals surface area (Å²) in [6.07, 6.45) is 4.51. The molecule has 2 aromatic carbocycles. The fourth-order valence-electron chi connectivity index (χ4n) is 2.98. The van der Waals surface area contributed by atoms with Crippen LogP contribution in [0.25, 0.3) is 0 Å². The number of hydroxylamine groups is 1. The number of benzene rings is 2. The van der Waals surface area contributed by atoms with Crippen molar-refractivity contribution in [1.82, 2.24) is 0 Å². The summed E-state index contributed by atoms with van der Waals surface area (Å²) >= 11 is 0.